The van der Waals surface area contributed by atoms with Crippen molar-refractivity contribution in [3.63, 3.8) is 0 Å². The molecule has 1 atom stereocenters. The van der Waals surface area contributed by atoms with Crippen molar-refractivity contribution in [3.8, 4) is 11.4 Å². The van der Waals surface area contributed by atoms with Gasteiger partial charge in [-0.2, -0.15) is 4.80 Å². The normalized spacial score (nSPS) is 11.7. The van der Waals surface area contributed by atoms with Gasteiger partial charge in [-0.05, 0) is 17.7 Å². The summed E-state index contributed by atoms with van der Waals surface area (Å²) in [5.74, 6) is -0.00505. The maximum Gasteiger partial charge on any atom is 0.308 e. The van der Waals surface area contributed by atoms with Crippen LogP contribution in [0.3, 0.4) is 0 Å². The van der Waals surface area contributed by atoms with E-state index in [0.717, 1.165) is 16.7 Å². The van der Waals surface area contributed by atoms with Crippen molar-refractivity contribution in [1.29, 1.82) is 0 Å². The number of benzene rings is 2. The summed E-state index contributed by atoms with van der Waals surface area (Å²) in [5, 5.41) is 15.2. The molecule has 8 nitrogen and oxygen atoms in total. The van der Waals surface area contributed by atoms with Gasteiger partial charge in [0.25, 0.3) is 0 Å². The van der Waals surface area contributed by atoms with Gasteiger partial charge in [0.1, 0.15) is 0 Å². The van der Waals surface area contributed by atoms with Gasteiger partial charge in [0.2, 0.25) is 11.7 Å². The lowest BCUT2D eigenvalue weighted by Gasteiger charge is -2.18. The number of nitrogens with one attached hydrogen (secondary N) is 1. The fraction of sp³-hybridized carbons (Fsp3) is 0.318. The molecule has 0 fully saturated rings. The van der Waals surface area contributed by atoms with Crippen LogP contribution in [0.4, 0.5) is 0 Å². The van der Waals surface area contributed by atoms with Crippen LogP contribution in [0.1, 0.15) is 36.9 Å². The number of carbonyl (C=O) groups is 2. The van der Waals surface area contributed by atoms with E-state index in [2.05, 4.69) is 20.7 Å². The van der Waals surface area contributed by atoms with Crippen LogP contribution in [0.15, 0.2) is 54.6 Å². The standard InChI is InChI=1S/C22H25N5O3/c1-16-9-11-18(12-10-16)20(23-17(2)28)15-21(29)30-14-6-13-27-25-22(24-26-27)19-7-4-3-5-8-19/h3-5,7-12,20H,6,13-15H2,1-2H3,(H,23,28). The van der Waals surface area contributed by atoms with Gasteiger partial charge in [-0.15, -0.1) is 10.2 Å². The van der Waals surface area contributed by atoms with Crippen molar-refractivity contribution in [2.75, 3.05) is 6.61 Å². The zero-order chi connectivity index (χ0) is 21.3. The smallest absolute Gasteiger partial charge is 0.308 e. The van der Waals surface area contributed by atoms with Crippen LogP contribution in [0.25, 0.3) is 11.4 Å². The van der Waals surface area contributed by atoms with Crippen molar-refractivity contribution >= 4 is 11.9 Å². The first kappa shape index (κ1) is 21.2. The first-order valence-electron chi connectivity index (χ1n) is 9.84. The number of rotatable bonds is 9. The highest BCUT2D eigenvalue weighted by atomic mass is 16.5. The van der Waals surface area contributed by atoms with Crippen LogP contribution in [-0.4, -0.2) is 38.7 Å². The highest BCUT2D eigenvalue weighted by molar-refractivity contribution is 5.76. The van der Waals surface area contributed by atoms with E-state index in [9.17, 15) is 9.59 Å². The third kappa shape index (κ3) is 6.23. The van der Waals surface area contributed by atoms with Gasteiger partial charge in [0.15, 0.2) is 0 Å². The van der Waals surface area contributed by atoms with E-state index in [0.29, 0.717) is 18.8 Å². The quantitative estimate of drug-likeness (QED) is 0.433. The zero-order valence-electron chi connectivity index (χ0n) is 17.1. The summed E-state index contributed by atoms with van der Waals surface area (Å²) in [6, 6.07) is 16.9. The predicted molar refractivity (Wildman–Crippen MR) is 111 cm³/mol. The van der Waals surface area contributed by atoms with Crippen molar-refractivity contribution in [2.45, 2.75) is 39.3 Å². The Hall–Kier alpha value is -3.55. The molecule has 8 heteroatoms. The van der Waals surface area contributed by atoms with Crippen LogP contribution < -0.4 is 5.32 Å². The van der Waals surface area contributed by atoms with Gasteiger partial charge in [0.05, 0.1) is 25.6 Å². The Morgan fingerprint density at radius 2 is 1.83 bits per heavy atom. The fourth-order valence-corrected chi connectivity index (χ4v) is 2.95. The summed E-state index contributed by atoms with van der Waals surface area (Å²) < 4.78 is 5.33. The molecular weight excluding hydrogens is 382 g/mol. The van der Waals surface area contributed by atoms with E-state index < -0.39 is 6.04 Å². The second kappa shape index (κ2) is 10.3. The molecule has 0 aliphatic carbocycles. The largest absolute Gasteiger partial charge is 0.466 e. The molecule has 156 valence electrons. The minimum atomic E-state index is -0.416. The van der Waals surface area contributed by atoms with Crippen molar-refractivity contribution in [2.24, 2.45) is 0 Å². The summed E-state index contributed by atoms with van der Waals surface area (Å²) in [7, 11) is 0. The molecule has 1 amide bonds. The van der Waals surface area contributed by atoms with Crippen molar-refractivity contribution in [3.05, 3.63) is 65.7 Å². The molecule has 0 spiro atoms. The van der Waals surface area contributed by atoms with E-state index in [4.69, 9.17) is 4.74 Å². The molecular formula is C22H25N5O3. The van der Waals surface area contributed by atoms with E-state index in [-0.39, 0.29) is 24.9 Å². The lowest BCUT2D eigenvalue weighted by Crippen LogP contribution is -2.28. The van der Waals surface area contributed by atoms with Gasteiger partial charge in [-0.1, -0.05) is 60.2 Å². The Labute approximate surface area is 175 Å². The molecule has 0 aliphatic heterocycles. The van der Waals surface area contributed by atoms with Crippen molar-refractivity contribution in [1.82, 2.24) is 25.5 Å². The number of aryl methyl sites for hydroxylation is 2. The van der Waals surface area contributed by atoms with E-state index in [1.807, 2.05) is 61.5 Å². The first-order chi connectivity index (χ1) is 14.5. The zero-order valence-corrected chi connectivity index (χ0v) is 17.1. The molecule has 0 saturated heterocycles. The summed E-state index contributed by atoms with van der Waals surface area (Å²) >= 11 is 0. The SMILES string of the molecule is CC(=O)NC(CC(=O)OCCCn1nnc(-c2ccccc2)n1)c1ccc(C)cc1. The summed E-state index contributed by atoms with van der Waals surface area (Å²) in [6.45, 7) is 4.14. The number of aromatic nitrogens is 4. The van der Waals surface area contributed by atoms with Crippen LogP contribution in [-0.2, 0) is 20.9 Å². The van der Waals surface area contributed by atoms with Gasteiger partial charge in [0, 0.05) is 18.9 Å². The predicted octanol–water partition coefficient (Wildman–Crippen LogP) is 2.85. The lowest BCUT2D eigenvalue weighted by atomic mass is 10.0. The molecule has 1 N–H and O–H groups in total. The van der Waals surface area contributed by atoms with E-state index >= 15 is 0 Å². The molecule has 2 aromatic carbocycles. The molecule has 3 aromatic rings. The maximum absolute atomic E-state index is 12.3. The summed E-state index contributed by atoms with van der Waals surface area (Å²) in [6.07, 6.45) is 0.633. The number of esters is 1. The summed E-state index contributed by atoms with van der Waals surface area (Å²) in [4.78, 5) is 25.3. The van der Waals surface area contributed by atoms with E-state index in [1.54, 1.807) is 0 Å². The molecule has 3 rings (SSSR count). The number of tetrazole rings is 1. The van der Waals surface area contributed by atoms with Gasteiger partial charge in [-0.3, -0.25) is 9.59 Å². The summed E-state index contributed by atoms with van der Waals surface area (Å²) in [5.41, 5.74) is 2.88. The number of hydrogen-bond acceptors (Lipinski definition) is 6. The van der Waals surface area contributed by atoms with Gasteiger partial charge >= 0.3 is 5.97 Å². The van der Waals surface area contributed by atoms with Crippen LogP contribution in [0.2, 0.25) is 0 Å². The monoisotopic (exact) mass is 407 g/mol. The second-order valence-corrected chi connectivity index (χ2v) is 7.02. The van der Waals surface area contributed by atoms with Gasteiger partial charge in [-0.25, -0.2) is 0 Å². The maximum atomic E-state index is 12.3. The highest BCUT2D eigenvalue weighted by Gasteiger charge is 2.18. The van der Waals surface area contributed by atoms with Crippen LogP contribution in [0.5, 0.6) is 0 Å². The van der Waals surface area contributed by atoms with E-state index in [1.165, 1.54) is 11.7 Å². The third-order valence-corrected chi connectivity index (χ3v) is 4.48. The number of nitrogens with zero attached hydrogens (tertiary/aromatic N) is 4. The third-order valence-electron chi connectivity index (χ3n) is 4.48. The Bertz CT molecular complexity index is 970. The molecule has 0 saturated carbocycles. The minimum Gasteiger partial charge on any atom is -0.466 e. The fourth-order valence-electron chi connectivity index (χ4n) is 2.95. The van der Waals surface area contributed by atoms with Crippen LogP contribution >= 0.6 is 0 Å². The Balaban J connectivity index is 1.46. The van der Waals surface area contributed by atoms with Crippen molar-refractivity contribution < 1.29 is 14.3 Å². The average molecular weight is 407 g/mol. The molecule has 1 unspecified atom stereocenters. The van der Waals surface area contributed by atoms with Gasteiger partial charge < -0.3 is 10.1 Å². The average Bonchev–Trinajstić information content (AvgIpc) is 3.21. The molecule has 1 aromatic heterocycles. The minimum absolute atomic E-state index is 0.0718. The molecule has 0 bridgehead atoms. The first-order valence-corrected chi connectivity index (χ1v) is 9.84. The highest BCUT2D eigenvalue weighted by Crippen LogP contribution is 2.18. The Morgan fingerprint density at radius 1 is 1.10 bits per heavy atom. The number of amides is 1. The molecule has 1 heterocycles. The Kier molecular flexibility index (Phi) is 7.26. The lowest BCUT2D eigenvalue weighted by molar-refractivity contribution is -0.144. The molecule has 0 radical (unpaired) electrons. The number of ether oxygens (including phenoxy) is 1. The molecule has 30 heavy (non-hydrogen) atoms. The molecule has 0 aliphatic rings. The second-order valence-electron chi connectivity index (χ2n) is 7.02. The number of hydrogen-bond donors (Lipinski definition) is 1. The Morgan fingerprint density at radius 3 is 2.53 bits per heavy atom. The topological polar surface area (TPSA) is 99.0 Å². The number of carbonyl (C=O) groups excluding carboxylic acids is 2. The van der Waals surface area contributed by atoms with Crippen LogP contribution in [0, 0.1) is 6.92 Å².